The van der Waals surface area contributed by atoms with E-state index in [-0.39, 0.29) is 0 Å². The third kappa shape index (κ3) is 2.33. The summed E-state index contributed by atoms with van der Waals surface area (Å²) in [5, 5.41) is 3.77. The fourth-order valence-corrected chi connectivity index (χ4v) is 2.86. The molecule has 2 rings (SSSR count). The smallest absolute Gasteiger partial charge is 0.0655 e. The second-order valence-electron chi connectivity index (χ2n) is 5.69. The SMILES string of the molecule is CCOC1CC(NC2C=CCCC2)C1(C)C. The van der Waals surface area contributed by atoms with Gasteiger partial charge in [0.2, 0.25) is 0 Å². The van der Waals surface area contributed by atoms with E-state index in [2.05, 4.69) is 38.2 Å². The van der Waals surface area contributed by atoms with Crippen molar-refractivity contribution < 1.29 is 4.74 Å². The van der Waals surface area contributed by atoms with E-state index in [9.17, 15) is 0 Å². The van der Waals surface area contributed by atoms with Gasteiger partial charge in [-0.1, -0.05) is 26.0 Å². The Morgan fingerprint density at radius 1 is 1.44 bits per heavy atom. The molecule has 2 nitrogen and oxygen atoms in total. The Kier molecular flexibility index (Phi) is 3.70. The predicted octanol–water partition coefficient (Wildman–Crippen LogP) is 2.89. The molecule has 2 aliphatic rings. The molecule has 0 radical (unpaired) electrons. The van der Waals surface area contributed by atoms with Crippen LogP contribution in [-0.2, 0) is 4.74 Å². The molecule has 0 bridgehead atoms. The summed E-state index contributed by atoms with van der Waals surface area (Å²) in [7, 11) is 0. The largest absolute Gasteiger partial charge is 0.378 e. The summed E-state index contributed by atoms with van der Waals surface area (Å²) >= 11 is 0. The summed E-state index contributed by atoms with van der Waals surface area (Å²) in [6.45, 7) is 7.56. The van der Waals surface area contributed by atoms with E-state index in [1.54, 1.807) is 0 Å². The monoisotopic (exact) mass is 223 g/mol. The first-order chi connectivity index (χ1) is 7.64. The van der Waals surface area contributed by atoms with E-state index < -0.39 is 0 Å². The lowest BCUT2D eigenvalue weighted by Crippen LogP contribution is -2.62. The summed E-state index contributed by atoms with van der Waals surface area (Å²) in [4.78, 5) is 0. The van der Waals surface area contributed by atoms with Gasteiger partial charge < -0.3 is 10.1 Å². The first kappa shape index (κ1) is 12.1. The Labute approximate surface area is 99.4 Å². The molecule has 0 aliphatic heterocycles. The molecule has 0 heterocycles. The van der Waals surface area contributed by atoms with Crippen molar-refractivity contribution in [1.29, 1.82) is 0 Å². The molecule has 0 saturated heterocycles. The van der Waals surface area contributed by atoms with Gasteiger partial charge in [-0.2, -0.15) is 0 Å². The number of nitrogens with one attached hydrogen (secondary N) is 1. The minimum Gasteiger partial charge on any atom is -0.378 e. The molecular weight excluding hydrogens is 198 g/mol. The summed E-state index contributed by atoms with van der Waals surface area (Å²) in [5.74, 6) is 0. The number of rotatable bonds is 4. The Hall–Kier alpha value is -0.340. The highest BCUT2D eigenvalue weighted by atomic mass is 16.5. The Morgan fingerprint density at radius 2 is 2.25 bits per heavy atom. The minimum atomic E-state index is 0.293. The number of ether oxygens (including phenoxy) is 1. The normalized spacial score (nSPS) is 37.1. The number of hydrogen-bond acceptors (Lipinski definition) is 2. The Balaban J connectivity index is 1.83. The molecule has 92 valence electrons. The van der Waals surface area contributed by atoms with Gasteiger partial charge >= 0.3 is 0 Å². The highest BCUT2D eigenvalue weighted by Crippen LogP contribution is 2.43. The predicted molar refractivity (Wildman–Crippen MR) is 67.5 cm³/mol. The van der Waals surface area contributed by atoms with E-state index in [0.29, 0.717) is 23.6 Å². The van der Waals surface area contributed by atoms with Crippen LogP contribution in [-0.4, -0.2) is 24.8 Å². The highest BCUT2D eigenvalue weighted by Gasteiger charge is 2.49. The lowest BCUT2D eigenvalue weighted by molar-refractivity contribution is -0.115. The molecule has 0 aromatic carbocycles. The molecule has 16 heavy (non-hydrogen) atoms. The standard InChI is InChI=1S/C14H25NO/c1-4-16-13-10-12(14(13,2)3)15-11-8-6-5-7-9-11/h6,8,11-13,15H,4-5,7,9-10H2,1-3H3. The quantitative estimate of drug-likeness (QED) is 0.740. The maximum atomic E-state index is 5.75. The van der Waals surface area contributed by atoms with Crippen LogP contribution in [0.4, 0.5) is 0 Å². The highest BCUT2D eigenvalue weighted by molar-refractivity contribution is 5.07. The van der Waals surface area contributed by atoms with Crippen LogP contribution >= 0.6 is 0 Å². The van der Waals surface area contributed by atoms with Crippen molar-refractivity contribution in [3.8, 4) is 0 Å². The first-order valence-corrected chi connectivity index (χ1v) is 6.69. The second kappa shape index (κ2) is 4.89. The van der Waals surface area contributed by atoms with Crippen LogP contribution in [0.25, 0.3) is 0 Å². The van der Waals surface area contributed by atoms with E-state index in [1.807, 2.05) is 0 Å². The van der Waals surface area contributed by atoms with Crippen molar-refractivity contribution in [2.75, 3.05) is 6.61 Å². The van der Waals surface area contributed by atoms with E-state index in [1.165, 1.54) is 25.7 Å². The fourth-order valence-electron chi connectivity index (χ4n) is 2.86. The third-order valence-corrected chi connectivity index (χ3v) is 4.22. The molecule has 0 spiro atoms. The Bertz CT molecular complexity index is 259. The molecule has 1 saturated carbocycles. The zero-order chi connectivity index (χ0) is 11.6. The maximum absolute atomic E-state index is 5.75. The summed E-state index contributed by atoms with van der Waals surface area (Å²) < 4.78 is 5.75. The van der Waals surface area contributed by atoms with Crippen LogP contribution in [0.5, 0.6) is 0 Å². The van der Waals surface area contributed by atoms with Gasteiger partial charge in [-0.3, -0.25) is 0 Å². The summed E-state index contributed by atoms with van der Waals surface area (Å²) in [6, 6.07) is 1.22. The molecule has 1 N–H and O–H groups in total. The van der Waals surface area contributed by atoms with Crippen LogP contribution < -0.4 is 5.32 Å². The Morgan fingerprint density at radius 3 is 2.81 bits per heavy atom. The zero-order valence-electron chi connectivity index (χ0n) is 10.8. The van der Waals surface area contributed by atoms with Gasteiger partial charge in [0.1, 0.15) is 0 Å². The van der Waals surface area contributed by atoms with Crippen LogP contribution in [0.2, 0.25) is 0 Å². The van der Waals surface area contributed by atoms with Gasteiger partial charge in [-0.15, -0.1) is 0 Å². The van der Waals surface area contributed by atoms with Crippen molar-refractivity contribution in [1.82, 2.24) is 5.32 Å². The first-order valence-electron chi connectivity index (χ1n) is 6.69. The van der Waals surface area contributed by atoms with Crippen molar-refractivity contribution in [3.05, 3.63) is 12.2 Å². The van der Waals surface area contributed by atoms with Crippen LogP contribution in [0.1, 0.15) is 46.5 Å². The molecular formula is C14H25NO. The maximum Gasteiger partial charge on any atom is 0.0655 e. The average Bonchev–Trinajstić information content (AvgIpc) is 2.29. The van der Waals surface area contributed by atoms with Crippen LogP contribution in [0, 0.1) is 5.41 Å². The molecule has 0 aromatic rings. The molecule has 3 atom stereocenters. The molecule has 2 aliphatic carbocycles. The second-order valence-corrected chi connectivity index (χ2v) is 5.69. The van der Waals surface area contributed by atoms with Gasteiger partial charge in [0.25, 0.3) is 0 Å². The lowest BCUT2D eigenvalue weighted by atomic mass is 9.64. The molecule has 3 unspecified atom stereocenters. The van der Waals surface area contributed by atoms with Gasteiger partial charge in [0, 0.05) is 24.1 Å². The topological polar surface area (TPSA) is 21.3 Å². The molecule has 0 amide bonds. The van der Waals surface area contributed by atoms with E-state index in [0.717, 1.165) is 6.61 Å². The molecule has 2 heteroatoms. The van der Waals surface area contributed by atoms with E-state index >= 15 is 0 Å². The third-order valence-electron chi connectivity index (χ3n) is 4.22. The van der Waals surface area contributed by atoms with Gasteiger partial charge in [0.05, 0.1) is 6.10 Å². The summed E-state index contributed by atoms with van der Waals surface area (Å²) in [6.07, 6.45) is 10.2. The van der Waals surface area contributed by atoms with Crippen LogP contribution in [0.3, 0.4) is 0 Å². The van der Waals surface area contributed by atoms with E-state index in [4.69, 9.17) is 4.74 Å². The van der Waals surface area contributed by atoms with Gasteiger partial charge in [-0.05, 0) is 32.6 Å². The van der Waals surface area contributed by atoms with Gasteiger partial charge in [0.15, 0.2) is 0 Å². The van der Waals surface area contributed by atoms with Crippen LogP contribution in [0.15, 0.2) is 12.2 Å². The number of hydrogen-bond donors (Lipinski definition) is 1. The lowest BCUT2D eigenvalue weighted by Gasteiger charge is -2.53. The number of allylic oxidation sites excluding steroid dienone is 1. The van der Waals surface area contributed by atoms with Crippen molar-refractivity contribution in [3.63, 3.8) is 0 Å². The molecule has 0 aromatic heterocycles. The molecule has 1 fully saturated rings. The van der Waals surface area contributed by atoms with Crippen molar-refractivity contribution >= 4 is 0 Å². The summed E-state index contributed by atoms with van der Waals surface area (Å²) in [5.41, 5.74) is 0.293. The van der Waals surface area contributed by atoms with Gasteiger partial charge in [-0.25, -0.2) is 0 Å². The average molecular weight is 223 g/mol. The fraction of sp³-hybridized carbons (Fsp3) is 0.857. The van der Waals surface area contributed by atoms with Crippen molar-refractivity contribution in [2.24, 2.45) is 5.41 Å². The zero-order valence-corrected chi connectivity index (χ0v) is 10.8. The minimum absolute atomic E-state index is 0.293. The van der Waals surface area contributed by atoms with Crippen molar-refractivity contribution in [2.45, 2.75) is 64.6 Å².